The summed E-state index contributed by atoms with van der Waals surface area (Å²) in [6.07, 6.45) is 5.38. The zero-order valence-corrected chi connectivity index (χ0v) is 12.4. The summed E-state index contributed by atoms with van der Waals surface area (Å²) in [5.74, 6) is 3.40. The van der Waals surface area contributed by atoms with Crippen molar-refractivity contribution >= 4 is 0 Å². The monoisotopic (exact) mass is 258 g/mol. The van der Waals surface area contributed by atoms with Crippen LogP contribution in [0.25, 0.3) is 0 Å². The molecule has 0 fully saturated rings. The van der Waals surface area contributed by atoms with Gasteiger partial charge in [-0.25, -0.2) is 0 Å². The average molecular weight is 258 g/mol. The summed E-state index contributed by atoms with van der Waals surface area (Å²) in [5.41, 5.74) is 2.68. The van der Waals surface area contributed by atoms with Gasteiger partial charge in [0.2, 0.25) is 0 Å². The second-order valence-electron chi connectivity index (χ2n) is 5.35. The predicted octanol–water partition coefficient (Wildman–Crippen LogP) is 2.89. The number of nitrogens with one attached hydrogen (secondary N) is 1. The molecule has 0 aromatic heterocycles. The van der Waals surface area contributed by atoms with Crippen LogP contribution >= 0.6 is 0 Å². The number of benzene rings is 1. The first kappa shape index (κ1) is 15.8. The lowest BCUT2D eigenvalue weighted by Gasteiger charge is -2.18. The number of nitrogens with zero attached hydrogens (tertiary/aromatic N) is 1. The molecule has 0 saturated carbocycles. The van der Waals surface area contributed by atoms with E-state index < -0.39 is 0 Å². The first-order chi connectivity index (χ1) is 9.15. The Morgan fingerprint density at radius 1 is 1.32 bits per heavy atom. The van der Waals surface area contributed by atoms with Gasteiger partial charge in [0.15, 0.2) is 0 Å². The SMILES string of the molecule is C#CCN(CC)Cc1cccc(CNCC(C)C)c1. The van der Waals surface area contributed by atoms with Crippen molar-refractivity contribution in [2.75, 3.05) is 19.6 Å². The van der Waals surface area contributed by atoms with Gasteiger partial charge in [0, 0.05) is 13.1 Å². The van der Waals surface area contributed by atoms with E-state index in [0.717, 1.165) is 26.2 Å². The molecule has 1 N–H and O–H groups in total. The van der Waals surface area contributed by atoms with Crippen molar-refractivity contribution in [3.63, 3.8) is 0 Å². The van der Waals surface area contributed by atoms with Crippen molar-refractivity contribution in [3.8, 4) is 12.3 Å². The molecule has 0 saturated heterocycles. The Kier molecular flexibility index (Phi) is 7.25. The fourth-order valence-corrected chi connectivity index (χ4v) is 2.01. The fourth-order valence-electron chi connectivity index (χ4n) is 2.01. The molecule has 2 heteroatoms. The third-order valence-corrected chi connectivity index (χ3v) is 3.04. The Hall–Kier alpha value is -1.30. The van der Waals surface area contributed by atoms with Gasteiger partial charge in [0.05, 0.1) is 6.54 Å². The van der Waals surface area contributed by atoms with Crippen molar-refractivity contribution < 1.29 is 0 Å². The normalized spacial score (nSPS) is 10.9. The third kappa shape index (κ3) is 6.42. The lowest BCUT2D eigenvalue weighted by atomic mass is 10.1. The van der Waals surface area contributed by atoms with Gasteiger partial charge in [-0.15, -0.1) is 6.42 Å². The Balaban J connectivity index is 2.54. The van der Waals surface area contributed by atoms with Crippen molar-refractivity contribution in [1.29, 1.82) is 0 Å². The second kappa shape index (κ2) is 8.74. The second-order valence-corrected chi connectivity index (χ2v) is 5.35. The fraction of sp³-hybridized carbons (Fsp3) is 0.529. The van der Waals surface area contributed by atoms with Crippen molar-refractivity contribution in [3.05, 3.63) is 35.4 Å². The van der Waals surface area contributed by atoms with Crippen molar-refractivity contribution in [1.82, 2.24) is 10.2 Å². The van der Waals surface area contributed by atoms with Crippen LogP contribution in [-0.4, -0.2) is 24.5 Å². The van der Waals surface area contributed by atoms with Crippen molar-refractivity contribution in [2.45, 2.75) is 33.9 Å². The molecule has 1 aromatic carbocycles. The van der Waals surface area contributed by atoms with Crippen LogP contribution in [0.1, 0.15) is 31.9 Å². The molecule has 1 aromatic rings. The maximum atomic E-state index is 5.38. The molecule has 0 spiro atoms. The molecular weight excluding hydrogens is 232 g/mol. The molecule has 0 amide bonds. The third-order valence-electron chi connectivity index (χ3n) is 3.04. The van der Waals surface area contributed by atoms with Crippen LogP contribution in [0.2, 0.25) is 0 Å². The molecule has 0 aliphatic carbocycles. The van der Waals surface area contributed by atoms with Gasteiger partial charge in [-0.05, 0) is 30.1 Å². The van der Waals surface area contributed by atoms with E-state index in [2.05, 4.69) is 61.2 Å². The van der Waals surface area contributed by atoms with Crippen LogP contribution in [0.3, 0.4) is 0 Å². The van der Waals surface area contributed by atoms with Gasteiger partial charge in [-0.1, -0.05) is 51.0 Å². The molecule has 0 atom stereocenters. The molecule has 104 valence electrons. The number of hydrogen-bond donors (Lipinski definition) is 1. The lowest BCUT2D eigenvalue weighted by Crippen LogP contribution is -2.23. The van der Waals surface area contributed by atoms with E-state index in [1.54, 1.807) is 0 Å². The molecule has 19 heavy (non-hydrogen) atoms. The predicted molar refractivity (Wildman–Crippen MR) is 82.8 cm³/mol. The van der Waals surface area contributed by atoms with Crippen LogP contribution in [0, 0.1) is 18.3 Å². The van der Waals surface area contributed by atoms with Gasteiger partial charge in [0.25, 0.3) is 0 Å². The van der Waals surface area contributed by atoms with E-state index in [1.165, 1.54) is 11.1 Å². The first-order valence-electron chi connectivity index (χ1n) is 7.10. The van der Waals surface area contributed by atoms with Crippen LogP contribution in [0.5, 0.6) is 0 Å². The molecule has 0 aliphatic heterocycles. The average Bonchev–Trinajstić information content (AvgIpc) is 2.38. The highest BCUT2D eigenvalue weighted by Gasteiger charge is 2.03. The molecular formula is C17H26N2. The topological polar surface area (TPSA) is 15.3 Å². The number of hydrogen-bond acceptors (Lipinski definition) is 2. The van der Waals surface area contributed by atoms with Crippen LogP contribution < -0.4 is 5.32 Å². The van der Waals surface area contributed by atoms with Gasteiger partial charge >= 0.3 is 0 Å². The molecule has 0 aliphatic rings. The highest BCUT2D eigenvalue weighted by Crippen LogP contribution is 2.08. The lowest BCUT2D eigenvalue weighted by molar-refractivity contribution is 0.316. The van der Waals surface area contributed by atoms with Crippen LogP contribution in [0.4, 0.5) is 0 Å². The molecule has 2 nitrogen and oxygen atoms in total. The van der Waals surface area contributed by atoms with Gasteiger partial charge < -0.3 is 5.32 Å². The summed E-state index contributed by atoms with van der Waals surface area (Å²) in [5, 5.41) is 3.47. The molecule has 1 rings (SSSR count). The van der Waals surface area contributed by atoms with E-state index >= 15 is 0 Å². The maximum absolute atomic E-state index is 5.38. The van der Waals surface area contributed by atoms with E-state index in [0.29, 0.717) is 12.5 Å². The largest absolute Gasteiger partial charge is 0.312 e. The Morgan fingerprint density at radius 3 is 2.68 bits per heavy atom. The van der Waals surface area contributed by atoms with Gasteiger partial charge in [0.1, 0.15) is 0 Å². The van der Waals surface area contributed by atoms with E-state index in [-0.39, 0.29) is 0 Å². The Bertz CT molecular complexity index is 404. The number of terminal acetylenes is 1. The Morgan fingerprint density at radius 2 is 2.05 bits per heavy atom. The van der Waals surface area contributed by atoms with E-state index in [1.807, 2.05) is 0 Å². The molecule has 0 bridgehead atoms. The highest BCUT2D eigenvalue weighted by molar-refractivity contribution is 5.23. The summed E-state index contributed by atoms with van der Waals surface area (Å²) < 4.78 is 0. The molecule has 0 unspecified atom stereocenters. The minimum atomic E-state index is 0.689. The smallest absolute Gasteiger partial charge is 0.0601 e. The maximum Gasteiger partial charge on any atom is 0.0601 e. The first-order valence-corrected chi connectivity index (χ1v) is 7.10. The highest BCUT2D eigenvalue weighted by atomic mass is 15.1. The summed E-state index contributed by atoms with van der Waals surface area (Å²) in [4.78, 5) is 2.26. The molecule has 0 radical (unpaired) electrons. The van der Waals surface area contributed by atoms with Crippen molar-refractivity contribution in [2.24, 2.45) is 5.92 Å². The molecule has 0 heterocycles. The minimum Gasteiger partial charge on any atom is -0.312 e. The quantitative estimate of drug-likeness (QED) is 0.721. The Labute approximate surface area is 118 Å². The summed E-state index contributed by atoms with van der Waals surface area (Å²) in [6.45, 7) is 11.2. The minimum absolute atomic E-state index is 0.689. The van der Waals surface area contributed by atoms with Crippen LogP contribution in [0.15, 0.2) is 24.3 Å². The zero-order chi connectivity index (χ0) is 14.1. The van der Waals surface area contributed by atoms with Gasteiger partial charge in [-0.3, -0.25) is 4.90 Å². The number of rotatable bonds is 8. The summed E-state index contributed by atoms with van der Waals surface area (Å²) in [7, 11) is 0. The van der Waals surface area contributed by atoms with E-state index in [9.17, 15) is 0 Å². The van der Waals surface area contributed by atoms with E-state index in [4.69, 9.17) is 6.42 Å². The van der Waals surface area contributed by atoms with Crippen LogP contribution in [-0.2, 0) is 13.1 Å². The summed E-state index contributed by atoms with van der Waals surface area (Å²) in [6, 6.07) is 8.75. The summed E-state index contributed by atoms with van der Waals surface area (Å²) >= 11 is 0. The van der Waals surface area contributed by atoms with Gasteiger partial charge in [-0.2, -0.15) is 0 Å². The standard InChI is InChI=1S/C17H26N2/c1-5-10-19(6-2)14-17-9-7-8-16(11-17)13-18-12-15(3)4/h1,7-9,11,15,18H,6,10,12-14H2,2-4H3. The zero-order valence-electron chi connectivity index (χ0n) is 12.4.